The van der Waals surface area contributed by atoms with Gasteiger partial charge in [-0.1, -0.05) is 18.2 Å². The van der Waals surface area contributed by atoms with Crippen molar-refractivity contribution >= 4 is 16.7 Å². The summed E-state index contributed by atoms with van der Waals surface area (Å²) < 4.78 is 11.9. The van der Waals surface area contributed by atoms with E-state index in [0.717, 1.165) is 22.2 Å². The second kappa shape index (κ2) is 5.89. The van der Waals surface area contributed by atoms with Crippen LogP contribution in [0.4, 0.5) is 0 Å². The minimum atomic E-state index is -0.369. The summed E-state index contributed by atoms with van der Waals surface area (Å²) in [6.45, 7) is 2.12. The molecule has 5 heteroatoms. The Hall–Kier alpha value is -2.82. The van der Waals surface area contributed by atoms with Gasteiger partial charge in [-0.3, -0.25) is 0 Å². The second-order valence-corrected chi connectivity index (χ2v) is 4.76. The molecule has 0 bridgehead atoms. The van der Waals surface area contributed by atoms with Crippen LogP contribution in [0, 0.1) is 0 Å². The largest absolute Gasteiger partial charge is 0.497 e. The number of hydrogen-bond acceptors (Lipinski definition) is 4. The molecule has 22 heavy (non-hydrogen) atoms. The minimum Gasteiger partial charge on any atom is -0.497 e. The smallest absolute Gasteiger partial charge is 0.341 e. The fourth-order valence-corrected chi connectivity index (χ4v) is 2.34. The average Bonchev–Trinajstić information content (AvgIpc) is 3.04. The van der Waals surface area contributed by atoms with Crippen LogP contribution >= 0.6 is 0 Å². The molecule has 0 saturated carbocycles. The third kappa shape index (κ3) is 2.53. The van der Waals surface area contributed by atoms with E-state index in [-0.39, 0.29) is 5.97 Å². The first-order chi connectivity index (χ1) is 10.7. The lowest BCUT2D eigenvalue weighted by Crippen LogP contribution is -2.03. The molecule has 112 valence electrons. The molecule has 5 nitrogen and oxygen atoms in total. The predicted molar refractivity (Wildman–Crippen MR) is 83.6 cm³/mol. The summed E-state index contributed by atoms with van der Waals surface area (Å²) in [5.41, 5.74) is 1.31. The van der Waals surface area contributed by atoms with E-state index in [1.807, 2.05) is 36.4 Å². The number of carbonyl (C=O) groups is 1. The number of fused-ring (bicyclic) bond motifs is 1. The maximum absolute atomic E-state index is 11.8. The Morgan fingerprint density at radius 2 is 2.14 bits per heavy atom. The van der Waals surface area contributed by atoms with Crippen LogP contribution in [0.5, 0.6) is 5.75 Å². The third-order valence-electron chi connectivity index (χ3n) is 3.41. The van der Waals surface area contributed by atoms with Crippen molar-refractivity contribution in [3.8, 4) is 11.4 Å². The number of carbonyl (C=O) groups excluding carboxylic acids is 1. The topological polar surface area (TPSA) is 53.3 Å². The van der Waals surface area contributed by atoms with Crippen LogP contribution in [-0.2, 0) is 4.74 Å². The molecule has 0 aliphatic rings. The first kappa shape index (κ1) is 14.1. The lowest BCUT2D eigenvalue weighted by molar-refractivity contribution is 0.0526. The Balaban J connectivity index is 2.08. The van der Waals surface area contributed by atoms with Gasteiger partial charge in [0.25, 0.3) is 0 Å². The normalized spacial score (nSPS) is 10.6. The van der Waals surface area contributed by atoms with Gasteiger partial charge in [0, 0.05) is 11.6 Å². The van der Waals surface area contributed by atoms with Crippen molar-refractivity contribution in [3.05, 3.63) is 54.4 Å². The zero-order chi connectivity index (χ0) is 15.5. The lowest BCUT2D eigenvalue weighted by Gasteiger charge is -2.08. The fourth-order valence-electron chi connectivity index (χ4n) is 2.34. The van der Waals surface area contributed by atoms with Crippen molar-refractivity contribution in [1.29, 1.82) is 0 Å². The standard InChI is InChI=1S/C17H16N2O3/c1-3-22-17(20)13-10-18-19(11-13)16-6-4-5-12-7-8-14(21-2)9-15(12)16/h4-11H,3H2,1-2H3. The van der Waals surface area contributed by atoms with Crippen LogP contribution in [0.1, 0.15) is 17.3 Å². The van der Waals surface area contributed by atoms with E-state index in [1.54, 1.807) is 24.9 Å². The van der Waals surface area contributed by atoms with E-state index in [0.29, 0.717) is 12.2 Å². The molecular weight excluding hydrogens is 280 g/mol. The molecule has 0 N–H and O–H groups in total. The van der Waals surface area contributed by atoms with E-state index >= 15 is 0 Å². The fraction of sp³-hybridized carbons (Fsp3) is 0.176. The van der Waals surface area contributed by atoms with E-state index in [9.17, 15) is 4.79 Å². The third-order valence-corrected chi connectivity index (χ3v) is 3.41. The summed E-state index contributed by atoms with van der Waals surface area (Å²) in [4.78, 5) is 11.8. The van der Waals surface area contributed by atoms with E-state index < -0.39 is 0 Å². The van der Waals surface area contributed by atoms with Gasteiger partial charge in [-0.05, 0) is 30.5 Å². The number of rotatable bonds is 4. The SMILES string of the molecule is CCOC(=O)c1cnn(-c2cccc3ccc(OC)cc23)c1. The number of esters is 1. The lowest BCUT2D eigenvalue weighted by atomic mass is 10.1. The number of nitrogens with zero attached hydrogens (tertiary/aromatic N) is 2. The highest BCUT2D eigenvalue weighted by molar-refractivity contribution is 5.92. The monoisotopic (exact) mass is 296 g/mol. The molecule has 0 fully saturated rings. The summed E-state index contributed by atoms with van der Waals surface area (Å²) in [7, 11) is 1.64. The summed E-state index contributed by atoms with van der Waals surface area (Å²) in [5, 5.41) is 6.35. The molecule has 2 aromatic carbocycles. The van der Waals surface area contributed by atoms with Gasteiger partial charge in [-0.2, -0.15) is 5.10 Å². The van der Waals surface area contributed by atoms with Crippen molar-refractivity contribution in [2.24, 2.45) is 0 Å². The highest BCUT2D eigenvalue weighted by Crippen LogP contribution is 2.26. The molecule has 0 amide bonds. The van der Waals surface area contributed by atoms with Crippen molar-refractivity contribution in [2.45, 2.75) is 6.92 Å². The number of benzene rings is 2. The molecule has 0 saturated heterocycles. The van der Waals surface area contributed by atoms with E-state index in [4.69, 9.17) is 9.47 Å². The molecule has 1 heterocycles. The summed E-state index contributed by atoms with van der Waals surface area (Å²) in [5.74, 6) is 0.407. The first-order valence-corrected chi connectivity index (χ1v) is 7.02. The average molecular weight is 296 g/mol. The number of hydrogen-bond donors (Lipinski definition) is 0. The molecule has 0 aliphatic heterocycles. The van der Waals surface area contributed by atoms with Gasteiger partial charge in [-0.15, -0.1) is 0 Å². The van der Waals surface area contributed by atoms with Crippen molar-refractivity contribution in [1.82, 2.24) is 9.78 Å². The Labute approximate surface area is 128 Å². The molecule has 0 unspecified atom stereocenters. The second-order valence-electron chi connectivity index (χ2n) is 4.76. The van der Waals surface area contributed by atoms with Gasteiger partial charge in [0.2, 0.25) is 0 Å². The molecule has 3 rings (SSSR count). The van der Waals surface area contributed by atoms with Crippen LogP contribution in [0.2, 0.25) is 0 Å². The van der Waals surface area contributed by atoms with Gasteiger partial charge >= 0.3 is 5.97 Å². The van der Waals surface area contributed by atoms with Gasteiger partial charge in [0.1, 0.15) is 5.75 Å². The van der Waals surface area contributed by atoms with Gasteiger partial charge in [0.15, 0.2) is 0 Å². The van der Waals surface area contributed by atoms with Crippen LogP contribution in [0.25, 0.3) is 16.5 Å². The van der Waals surface area contributed by atoms with Crippen LogP contribution in [-0.4, -0.2) is 29.5 Å². The van der Waals surface area contributed by atoms with Gasteiger partial charge < -0.3 is 9.47 Å². The first-order valence-electron chi connectivity index (χ1n) is 7.02. The van der Waals surface area contributed by atoms with Crippen LogP contribution in [0.3, 0.4) is 0 Å². The Morgan fingerprint density at radius 1 is 1.27 bits per heavy atom. The quantitative estimate of drug-likeness (QED) is 0.694. The zero-order valence-corrected chi connectivity index (χ0v) is 12.4. The molecular formula is C17H16N2O3. The van der Waals surface area contributed by atoms with Crippen molar-refractivity contribution in [2.75, 3.05) is 13.7 Å². The maximum atomic E-state index is 11.8. The summed E-state index contributed by atoms with van der Waals surface area (Å²) in [6, 6.07) is 11.8. The van der Waals surface area contributed by atoms with E-state index in [1.165, 1.54) is 6.20 Å². The molecule has 0 radical (unpaired) electrons. The Morgan fingerprint density at radius 3 is 2.91 bits per heavy atom. The molecule has 1 aromatic heterocycles. The Kier molecular flexibility index (Phi) is 3.78. The van der Waals surface area contributed by atoms with E-state index in [2.05, 4.69) is 5.10 Å². The number of aromatic nitrogens is 2. The maximum Gasteiger partial charge on any atom is 0.341 e. The summed E-state index contributed by atoms with van der Waals surface area (Å²) in [6.07, 6.45) is 3.18. The van der Waals surface area contributed by atoms with Gasteiger partial charge in [0.05, 0.1) is 31.2 Å². The highest BCUT2D eigenvalue weighted by atomic mass is 16.5. The highest BCUT2D eigenvalue weighted by Gasteiger charge is 2.11. The summed E-state index contributed by atoms with van der Waals surface area (Å²) >= 11 is 0. The minimum absolute atomic E-state index is 0.343. The van der Waals surface area contributed by atoms with Crippen molar-refractivity contribution in [3.63, 3.8) is 0 Å². The molecule has 3 aromatic rings. The predicted octanol–water partition coefficient (Wildman–Crippen LogP) is 3.21. The molecule has 0 aliphatic carbocycles. The molecule has 0 atom stereocenters. The number of methoxy groups -OCH3 is 1. The number of ether oxygens (including phenoxy) is 2. The Bertz CT molecular complexity index is 824. The van der Waals surface area contributed by atoms with Crippen LogP contribution < -0.4 is 4.74 Å². The molecule has 0 spiro atoms. The van der Waals surface area contributed by atoms with Crippen LogP contribution in [0.15, 0.2) is 48.8 Å². The van der Waals surface area contributed by atoms with Gasteiger partial charge in [-0.25, -0.2) is 9.48 Å². The van der Waals surface area contributed by atoms with Crippen molar-refractivity contribution < 1.29 is 14.3 Å². The zero-order valence-electron chi connectivity index (χ0n) is 12.4.